The van der Waals surface area contributed by atoms with Gasteiger partial charge < -0.3 is 4.74 Å². The van der Waals surface area contributed by atoms with Crippen LogP contribution in [0.2, 0.25) is 0 Å². The van der Waals surface area contributed by atoms with Gasteiger partial charge >= 0.3 is 0 Å². The van der Waals surface area contributed by atoms with Gasteiger partial charge in [0.2, 0.25) is 5.88 Å². The fourth-order valence-corrected chi connectivity index (χ4v) is 7.67. The summed E-state index contributed by atoms with van der Waals surface area (Å²) in [5.41, 5.74) is 7.40. The summed E-state index contributed by atoms with van der Waals surface area (Å²) in [6.45, 7) is 0. The number of aromatic nitrogens is 3. The number of para-hydroxylation sites is 1. The van der Waals surface area contributed by atoms with Crippen LogP contribution in [0.3, 0.4) is 0 Å². The fourth-order valence-electron chi connectivity index (χ4n) is 7.67. The number of nitrogens with zero attached hydrogens (tertiary/aromatic N) is 3. The van der Waals surface area contributed by atoms with Gasteiger partial charge in [0, 0.05) is 29.2 Å². The Morgan fingerprint density at radius 3 is 2.02 bits per heavy atom. The molecule has 6 aromatic rings. The van der Waals surface area contributed by atoms with E-state index in [-0.39, 0.29) is 0 Å². The minimum absolute atomic E-state index is 0.622. The van der Waals surface area contributed by atoms with Crippen molar-refractivity contribution in [3.63, 3.8) is 0 Å². The zero-order valence-electron chi connectivity index (χ0n) is 25.3. The van der Waals surface area contributed by atoms with E-state index in [2.05, 4.69) is 94.5 Å². The molecule has 0 spiro atoms. The summed E-state index contributed by atoms with van der Waals surface area (Å²) in [6, 6.07) is 32.7. The van der Waals surface area contributed by atoms with Crippen molar-refractivity contribution >= 4 is 21.8 Å². The van der Waals surface area contributed by atoms with Gasteiger partial charge in [-0.05, 0) is 102 Å². The predicted molar refractivity (Wildman–Crippen MR) is 180 cm³/mol. The molecule has 0 unspecified atom stereocenters. The largest absolute Gasteiger partial charge is 0.439 e. The van der Waals surface area contributed by atoms with Crippen LogP contribution in [0.15, 0.2) is 103 Å². The third-order valence-corrected chi connectivity index (χ3v) is 9.97. The number of benzene rings is 3. The van der Waals surface area contributed by atoms with E-state index < -0.39 is 0 Å². The lowest BCUT2D eigenvalue weighted by atomic mass is 9.84. The molecule has 2 saturated carbocycles. The molecule has 4 heteroatoms. The van der Waals surface area contributed by atoms with Gasteiger partial charge in [0.15, 0.2) is 0 Å². The fraction of sp³-hybridized carbons (Fsp3) is 0.300. The molecular formula is C40H39N3O. The van der Waals surface area contributed by atoms with E-state index in [4.69, 9.17) is 9.72 Å². The first kappa shape index (κ1) is 27.1. The van der Waals surface area contributed by atoms with E-state index in [1.165, 1.54) is 97.1 Å². The topological polar surface area (TPSA) is 39.9 Å². The van der Waals surface area contributed by atoms with E-state index >= 15 is 0 Å². The lowest BCUT2D eigenvalue weighted by molar-refractivity contribution is 0.435. The van der Waals surface area contributed by atoms with E-state index in [1.807, 2.05) is 18.5 Å². The monoisotopic (exact) mass is 577 g/mol. The first-order valence-electron chi connectivity index (χ1n) is 16.5. The standard InChI is InChI=1S/C40H39N3O/c1-3-10-28(11-4-1)32-20-22-41-39(26-32)43-37-17-8-7-16-35(37)36-19-18-31(25-38(36)43)30-14-9-15-34(24-30)44-40-27-33(21-23-42-40)29-12-5-2-6-13-29/h7-9,14-29H,1-6,10-13H2. The number of rotatable bonds is 6. The Bertz CT molecular complexity index is 1930. The molecule has 3 heterocycles. The molecule has 0 atom stereocenters. The molecule has 0 saturated heterocycles. The molecule has 0 radical (unpaired) electrons. The Morgan fingerprint density at radius 1 is 0.545 bits per heavy atom. The Balaban J connectivity index is 1.15. The van der Waals surface area contributed by atoms with Crippen LogP contribution in [0.25, 0.3) is 38.8 Å². The van der Waals surface area contributed by atoms with E-state index in [9.17, 15) is 0 Å². The van der Waals surface area contributed by atoms with Crippen molar-refractivity contribution < 1.29 is 4.74 Å². The molecule has 220 valence electrons. The summed E-state index contributed by atoms with van der Waals surface area (Å²) in [6.07, 6.45) is 17.0. The number of pyridine rings is 2. The average Bonchev–Trinajstić information content (AvgIpc) is 3.43. The second kappa shape index (κ2) is 11.9. The maximum atomic E-state index is 6.34. The van der Waals surface area contributed by atoms with E-state index in [1.54, 1.807) is 0 Å². The predicted octanol–water partition coefficient (Wildman–Crippen LogP) is 11.1. The van der Waals surface area contributed by atoms with Crippen molar-refractivity contribution in [1.29, 1.82) is 0 Å². The molecule has 0 N–H and O–H groups in total. The minimum Gasteiger partial charge on any atom is -0.439 e. The molecule has 0 amide bonds. The van der Waals surface area contributed by atoms with Crippen LogP contribution >= 0.6 is 0 Å². The Labute approximate surface area is 259 Å². The van der Waals surface area contributed by atoms with Gasteiger partial charge in [0.25, 0.3) is 0 Å². The van der Waals surface area contributed by atoms with Crippen molar-refractivity contribution in [2.45, 2.75) is 76.0 Å². The molecular weight excluding hydrogens is 538 g/mol. The average molecular weight is 578 g/mol. The van der Waals surface area contributed by atoms with Crippen LogP contribution in [0.1, 0.15) is 87.2 Å². The molecule has 0 aliphatic heterocycles. The van der Waals surface area contributed by atoms with Gasteiger partial charge in [-0.25, -0.2) is 9.97 Å². The van der Waals surface area contributed by atoms with Crippen molar-refractivity contribution in [1.82, 2.24) is 14.5 Å². The molecule has 44 heavy (non-hydrogen) atoms. The highest BCUT2D eigenvalue weighted by Crippen LogP contribution is 2.38. The SMILES string of the molecule is c1cc(Oc2cc(C3CCCCC3)ccn2)cc(-c2ccc3c4ccccc4n(-c4cc(C5CCCCC5)ccn4)c3c2)c1. The second-order valence-electron chi connectivity index (χ2n) is 12.8. The van der Waals surface area contributed by atoms with Gasteiger partial charge in [0.1, 0.15) is 11.6 Å². The summed E-state index contributed by atoms with van der Waals surface area (Å²) in [4.78, 5) is 9.47. The zero-order valence-corrected chi connectivity index (χ0v) is 25.3. The van der Waals surface area contributed by atoms with Gasteiger partial charge in [-0.15, -0.1) is 0 Å². The number of hydrogen-bond donors (Lipinski definition) is 0. The van der Waals surface area contributed by atoms with Crippen LogP contribution in [-0.2, 0) is 0 Å². The van der Waals surface area contributed by atoms with E-state index in [0.717, 1.165) is 22.7 Å². The number of hydrogen-bond acceptors (Lipinski definition) is 3. The van der Waals surface area contributed by atoms with Gasteiger partial charge in [-0.3, -0.25) is 4.57 Å². The highest BCUT2D eigenvalue weighted by molar-refractivity contribution is 6.10. The van der Waals surface area contributed by atoms with Crippen molar-refractivity contribution in [2.75, 3.05) is 0 Å². The molecule has 4 nitrogen and oxygen atoms in total. The van der Waals surface area contributed by atoms with Crippen molar-refractivity contribution in [3.8, 4) is 28.6 Å². The number of ether oxygens (including phenoxy) is 1. The molecule has 0 bridgehead atoms. The smallest absolute Gasteiger partial charge is 0.219 e. The molecule has 8 rings (SSSR count). The molecule has 2 aliphatic carbocycles. The van der Waals surface area contributed by atoms with Gasteiger partial charge in [-0.1, -0.05) is 81.0 Å². The highest BCUT2D eigenvalue weighted by atomic mass is 16.5. The summed E-state index contributed by atoms with van der Waals surface area (Å²) in [5.74, 6) is 3.73. The van der Waals surface area contributed by atoms with Crippen molar-refractivity contribution in [2.24, 2.45) is 0 Å². The third-order valence-electron chi connectivity index (χ3n) is 9.97. The van der Waals surface area contributed by atoms with Gasteiger partial charge in [-0.2, -0.15) is 0 Å². The maximum Gasteiger partial charge on any atom is 0.219 e. The van der Waals surface area contributed by atoms with Crippen LogP contribution < -0.4 is 4.74 Å². The van der Waals surface area contributed by atoms with Crippen molar-refractivity contribution in [3.05, 3.63) is 115 Å². The Morgan fingerprint density at radius 2 is 1.23 bits per heavy atom. The lowest BCUT2D eigenvalue weighted by Gasteiger charge is -2.22. The second-order valence-corrected chi connectivity index (χ2v) is 12.8. The third kappa shape index (κ3) is 5.27. The van der Waals surface area contributed by atoms with Crippen LogP contribution in [-0.4, -0.2) is 14.5 Å². The first-order chi connectivity index (χ1) is 21.8. The van der Waals surface area contributed by atoms with Crippen LogP contribution in [0.5, 0.6) is 11.6 Å². The molecule has 2 aliphatic rings. The van der Waals surface area contributed by atoms with Crippen LogP contribution in [0, 0.1) is 0 Å². The quantitative estimate of drug-likeness (QED) is 0.198. The molecule has 3 aromatic carbocycles. The summed E-state index contributed by atoms with van der Waals surface area (Å²) in [7, 11) is 0. The van der Waals surface area contributed by atoms with Gasteiger partial charge in [0.05, 0.1) is 11.0 Å². The summed E-state index contributed by atoms with van der Waals surface area (Å²) < 4.78 is 8.69. The van der Waals surface area contributed by atoms with E-state index in [0.29, 0.717) is 17.7 Å². The minimum atomic E-state index is 0.622. The number of fused-ring (bicyclic) bond motifs is 3. The normalized spacial score (nSPS) is 16.5. The first-order valence-corrected chi connectivity index (χ1v) is 16.5. The Hall–Kier alpha value is -4.44. The highest BCUT2D eigenvalue weighted by Gasteiger charge is 2.19. The van der Waals surface area contributed by atoms with Crippen LogP contribution in [0.4, 0.5) is 0 Å². The lowest BCUT2D eigenvalue weighted by Crippen LogP contribution is -2.06. The summed E-state index contributed by atoms with van der Waals surface area (Å²) in [5, 5.41) is 2.49. The Kier molecular flexibility index (Phi) is 7.35. The molecule has 2 fully saturated rings. The maximum absolute atomic E-state index is 6.34. The summed E-state index contributed by atoms with van der Waals surface area (Å²) >= 11 is 0. The zero-order chi connectivity index (χ0) is 29.3. The molecule has 3 aromatic heterocycles.